The van der Waals surface area contributed by atoms with Crippen LogP contribution in [0.4, 0.5) is 0 Å². The molecule has 0 amide bonds. The summed E-state index contributed by atoms with van der Waals surface area (Å²) in [4.78, 5) is 0. The van der Waals surface area contributed by atoms with Crippen molar-refractivity contribution in [1.29, 1.82) is 0 Å². The summed E-state index contributed by atoms with van der Waals surface area (Å²) in [6.45, 7) is 0.551. The number of tetrazole rings is 1. The SMILES string of the molecule is S=c1[nH]nc(-c2ccccc2)n1NCc1ccc(Oc2nnnn2-c2ccccc2)cc1. The molecule has 0 atom stereocenters. The van der Waals surface area contributed by atoms with Crippen LogP contribution in [0.1, 0.15) is 5.56 Å². The van der Waals surface area contributed by atoms with Crippen molar-refractivity contribution in [2.45, 2.75) is 6.54 Å². The molecular weight excluding hydrogens is 424 g/mol. The monoisotopic (exact) mass is 442 g/mol. The molecule has 0 aliphatic rings. The van der Waals surface area contributed by atoms with Crippen LogP contribution in [0.5, 0.6) is 11.8 Å². The molecule has 0 saturated carbocycles. The number of rotatable bonds is 7. The van der Waals surface area contributed by atoms with Crippen LogP contribution in [0.2, 0.25) is 0 Å². The van der Waals surface area contributed by atoms with Crippen molar-refractivity contribution < 1.29 is 4.74 Å². The van der Waals surface area contributed by atoms with Gasteiger partial charge in [-0.15, -0.1) is 0 Å². The quantitative estimate of drug-likeness (QED) is 0.366. The van der Waals surface area contributed by atoms with Crippen molar-refractivity contribution in [2.75, 3.05) is 5.43 Å². The number of para-hydroxylation sites is 1. The maximum atomic E-state index is 5.87. The molecule has 158 valence electrons. The molecule has 5 rings (SSSR count). The minimum atomic E-state index is 0.291. The number of nitrogens with one attached hydrogen (secondary N) is 2. The third kappa shape index (κ3) is 4.12. The summed E-state index contributed by atoms with van der Waals surface area (Å²) in [5, 5.41) is 18.9. The van der Waals surface area contributed by atoms with E-state index >= 15 is 0 Å². The maximum Gasteiger partial charge on any atom is 0.345 e. The van der Waals surface area contributed by atoms with E-state index in [-0.39, 0.29) is 0 Å². The predicted molar refractivity (Wildman–Crippen MR) is 122 cm³/mol. The fraction of sp³-hybridized carbons (Fsp3) is 0.0455. The van der Waals surface area contributed by atoms with Crippen molar-refractivity contribution in [3.05, 3.63) is 95.3 Å². The Bertz CT molecular complexity index is 1360. The van der Waals surface area contributed by atoms with Crippen LogP contribution in [0.15, 0.2) is 84.9 Å². The second kappa shape index (κ2) is 8.82. The van der Waals surface area contributed by atoms with Crippen LogP contribution < -0.4 is 10.2 Å². The number of H-pyrrole nitrogens is 1. The van der Waals surface area contributed by atoms with Gasteiger partial charge in [0.2, 0.25) is 4.77 Å². The smallest absolute Gasteiger partial charge is 0.345 e. The first-order valence-electron chi connectivity index (χ1n) is 9.85. The van der Waals surface area contributed by atoms with E-state index in [1.807, 2.05) is 84.9 Å². The number of benzene rings is 3. The highest BCUT2D eigenvalue weighted by Gasteiger charge is 2.11. The van der Waals surface area contributed by atoms with Crippen molar-refractivity contribution >= 4 is 12.2 Å². The highest BCUT2D eigenvalue weighted by molar-refractivity contribution is 7.71. The van der Waals surface area contributed by atoms with Crippen molar-refractivity contribution in [2.24, 2.45) is 0 Å². The third-order valence-corrected chi connectivity index (χ3v) is 4.99. The van der Waals surface area contributed by atoms with Crippen LogP contribution in [-0.4, -0.2) is 35.1 Å². The van der Waals surface area contributed by atoms with Gasteiger partial charge in [0.25, 0.3) is 0 Å². The van der Waals surface area contributed by atoms with Gasteiger partial charge >= 0.3 is 6.01 Å². The molecule has 0 aliphatic heterocycles. The molecule has 0 aliphatic carbocycles. The lowest BCUT2D eigenvalue weighted by Crippen LogP contribution is -2.15. The molecule has 0 fully saturated rings. The van der Waals surface area contributed by atoms with Crippen molar-refractivity contribution in [3.8, 4) is 28.8 Å². The van der Waals surface area contributed by atoms with E-state index in [1.54, 1.807) is 9.36 Å². The van der Waals surface area contributed by atoms with Gasteiger partial charge in [0, 0.05) is 5.56 Å². The Morgan fingerprint density at radius 2 is 1.62 bits per heavy atom. The zero-order valence-corrected chi connectivity index (χ0v) is 17.6. The molecule has 2 heterocycles. The van der Waals surface area contributed by atoms with Gasteiger partial charge in [0.1, 0.15) is 5.75 Å². The van der Waals surface area contributed by atoms with Gasteiger partial charge in [0.15, 0.2) is 5.82 Å². The van der Waals surface area contributed by atoms with E-state index < -0.39 is 0 Å². The average molecular weight is 443 g/mol. The lowest BCUT2D eigenvalue weighted by atomic mass is 10.2. The Morgan fingerprint density at radius 1 is 0.906 bits per heavy atom. The maximum absolute atomic E-state index is 5.87. The van der Waals surface area contributed by atoms with Gasteiger partial charge in [-0.05, 0) is 52.5 Å². The van der Waals surface area contributed by atoms with Crippen LogP contribution >= 0.6 is 12.2 Å². The molecule has 0 saturated heterocycles. The van der Waals surface area contributed by atoms with E-state index in [1.165, 1.54) is 0 Å². The molecule has 0 spiro atoms. The van der Waals surface area contributed by atoms with Gasteiger partial charge in [-0.1, -0.05) is 65.8 Å². The molecule has 0 unspecified atom stereocenters. The van der Waals surface area contributed by atoms with Crippen molar-refractivity contribution in [3.63, 3.8) is 0 Å². The lowest BCUT2D eigenvalue weighted by Gasteiger charge is -2.11. The molecule has 0 bridgehead atoms. The molecule has 2 aromatic heterocycles. The fourth-order valence-corrected chi connectivity index (χ4v) is 3.35. The Hall–Kier alpha value is -4.31. The molecular formula is C22H18N8OS. The standard InChI is InChI=1S/C22H18N8OS/c32-22-26-24-20(17-7-3-1-4-8-17)30(22)23-15-16-11-13-19(14-12-16)31-21-25-27-28-29(21)18-9-5-2-6-10-18/h1-14,23H,15H2,(H,26,32). The van der Waals surface area contributed by atoms with Gasteiger partial charge in [-0.25, -0.2) is 9.77 Å². The zero-order chi connectivity index (χ0) is 21.8. The summed E-state index contributed by atoms with van der Waals surface area (Å²) in [5.41, 5.74) is 6.14. The summed E-state index contributed by atoms with van der Waals surface area (Å²) in [5.74, 6) is 1.36. The number of hydrogen-bond acceptors (Lipinski definition) is 7. The number of ether oxygens (including phenoxy) is 1. The van der Waals surface area contributed by atoms with Crippen LogP contribution in [0.3, 0.4) is 0 Å². The fourth-order valence-electron chi connectivity index (χ4n) is 3.15. The van der Waals surface area contributed by atoms with E-state index in [4.69, 9.17) is 17.0 Å². The first-order chi connectivity index (χ1) is 15.8. The summed E-state index contributed by atoms with van der Waals surface area (Å²) < 4.78 is 9.68. The first-order valence-corrected chi connectivity index (χ1v) is 10.3. The van der Waals surface area contributed by atoms with Crippen LogP contribution in [0, 0.1) is 4.77 Å². The molecule has 0 radical (unpaired) electrons. The average Bonchev–Trinajstić information content (AvgIpc) is 3.46. The Kier molecular flexibility index (Phi) is 5.41. The van der Waals surface area contributed by atoms with Crippen LogP contribution in [-0.2, 0) is 6.54 Å². The van der Waals surface area contributed by atoms with Crippen LogP contribution in [0.25, 0.3) is 17.1 Å². The summed E-state index contributed by atoms with van der Waals surface area (Å²) in [7, 11) is 0. The number of hydrogen-bond donors (Lipinski definition) is 2. The molecule has 5 aromatic rings. The topological polar surface area (TPSA) is 98.5 Å². The van der Waals surface area contributed by atoms with E-state index in [0.29, 0.717) is 23.1 Å². The normalized spacial score (nSPS) is 10.8. The predicted octanol–water partition coefficient (Wildman–Crippen LogP) is 4.12. The third-order valence-electron chi connectivity index (χ3n) is 4.72. The number of aromatic nitrogens is 7. The van der Waals surface area contributed by atoms with E-state index in [9.17, 15) is 0 Å². The highest BCUT2D eigenvalue weighted by Crippen LogP contribution is 2.22. The Labute approximate surface area is 188 Å². The Morgan fingerprint density at radius 3 is 2.38 bits per heavy atom. The highest BCUT2D eigenvalue weighted by atomic mass is 32.1. The van der Waals surface area contributed by atoms with E-state index in [2.05, 4.69) is 31.1 Å². The summed E-state index contributed by atoms with van der Waals surface area (Å²) in [6.07, 6.45) is 0. The van der Waals surface area contributed by atoms with Crippen molar-refractivity contribution in [1.82, 2.24) is 35.1 Å². The molecule has 9 nitrogen and oxygen atoms in total. The summed E-state index contributed by atoms with van der Waals surface area (Å²) in [6, 6.07) is 27.4. The van der Waals surface area contributed by atoms with E-state index in [0.717, 1.165) is 22.6 Å². The van der Waals surface area contributed by atoms with Gasteiger partial charge in [-0.2, -0.15) is 9.78 Å². The zero-order valence-electron chi connectivity index (χ0n) is 16.8. The molecule has 32 heavy (non-hydrogen) atoms. The van der Waals surface area contributed by atoms with Gasteiger partial charge in [0.05, 0.1) is 12.2 Å². The number of aromatic amines is 1. The van der Waals surface area contributed by atoms with Gasteiger partial charge < -0.3 is 10.2 Å². The lowest BCUT2D eigenvalue weighted by molar-refractivity contribution is 0.427. The first kappa shape index (κ1) is 19.6. The molecule has 10 heteroatoms. The second-order valence-corrected chi connectivity index (χ2v) is 7.23. The summed E-state index contributed by atoms with van der Waals surface area (Å²) >= 11 is 5.37. The second-order valence-electron chi connectivity index (χ2n) is 6.84. The number of nitrogens with zero attached hydrogens (tertiary/aromatic N) is 6. The minimum absolute atomic E-state index is 0.291. The minimum Gasteiger partial charge on any atom is -0.423 e. The molecule has 2 N–H and O–H groups in total. The largest absolute Gasteiger partial charge is 0.423 e. The molecule has 3 aromatic carbocycles. The Balaban J connectivity index is 1.28. The van der Waals surface area contributed by atoms with Gasteiger partial charge in [-0.3, -0.25) is 0 Å².